The summed E-state index contributed by atoms with van der Waals surface area (Å²) in [4.78, 5) is 53.1. The number of hydrogen-bond donors (Lipinski definition) is 1. The number of aryl methyl sites for hydroxylation is 1. The van der Waals surface area contributed by atoms with Crippen LogP contribution < -0.4 is 16.7 Å². The normalized spacial score (nSPS) is 11.4. The number of nitrogens with zero attached hydrogens (tertiary/aromatic N) is 5. The van der Waals surface area contributed by atoms with Crippen molar-refractivity contribution >= 4 is 40.9 Å². The molecule has 37 heavy (non-hydrogen) atoms. The maximum atomic E-state index is 12.4. The lowest BCUT2D eigenvalue weighted by atomic mass is 10.1. The fraction of sp³-hybridized carbons (Fsp3) is 0.250. The van der Waals surface area contributed by atoms with E-state index < -0.39 is 23.1 Å². The Morgan fingerprint density at radius 3 is 2.73 bits per heavy atom. The molecule has 0 radical (unpaired) electrons. The molecular formula is C24H23ClN6O6. The third-order valence-corrected chi connectivity index (χ3v) is 5.77. The average Bonchev–Trinajstić information content (AvgIpc) is 3.52. The number of halogens is 1. The highest BCUT2D eigenvalue weighted by molar-refractivity contribution is 6.33. The number of benzene rings is 1. The van der Waals surface area contributed by atoms with Crippen LogP contribution in [0.4, 0.5) is 0 Å². The molecule has 0 unspecified atom stereocenters. The quantitative estimate of drug-likeness (QED) is 0.210. The molecule has 1 aromatic carbocycles. The molecule has 0 bridgehead atoms. The van der Waals surface area contributed by atoms with Gasteiger partial charge in [0, 0.05) is 19.7 Å². The zero-order valence-corrected chi connectivity index (χ0v) is 21.0. The van der Waals surface area contributed by atoms with Crippen molar-refractivity contribution in [1.29, 1.82) is 0 Å². The lowest BCUT2D eigenvalue weighted by molar-refractivity contribution is -0.121. The highest BCUT2D eigenvalue weighted by Crippen LogP contribution is 2.27. The Kier molecular flexibility index (Phi) is 7.39. The molecule has 0 spiro atoms. The summed E-state index contributed by atoms with van der Waals surface area (Å²) in [6.45, 7) is 1.96. The number of furan rings is 1. The summed E-state index contributed by atoms with van der Waals surface area (Å²) < 4.78 is 14.5. The first-order valence-corrected chi connectivity index (χ1v) is 11.6. The largest absolute Gasteiger partial charge is 0.462 e. The fourth-order valence-corrected chi connectivity index (χ4v) is 3.79. The van der Waals surface area contributed by atoms with Gasteiger partial charge in [-0.15, -0.1) is 0 Å². The van der Waals surface area contributed by atoms with Crippen LogP contribution in [0.3, 0.4) is 0 Å². The van der Waals surface area contributed by atoms with Crippen molar-refractivity contribution in [1.82, 2.24) is 24.1 Å². The summed E-state index contributed by atoms with van der Waals surface area (Å²) in [5.41, 5.74) is 2.43. The van der Waals surface area contributed by atoms with Crippen molar-refractivity contribution in [3.05, 3.63) is 73.8 Å². The van der Waals surface area contributed by atoms with Crippen molar-refractivity contribution in [2.24, 2.45) is 19.2 Å². The van der Waals surface area contributed by atoms with Crippen LogP contribution in [0.5, 0.6) is 0 Å². The van der Waals surface area contributed by atoms with Gasteiger partial charge < -0.3 is 13.7 Å². The molecule has 13 heteroatoms. The summed E-state index contributed by atoms with van der Waals surface area (Å²) >= 11 is 6.14. The Hall–Kier alpha value is -4.45. The van der Waals surface area contributed by atoms with Crippen LogP contribution >= 0.6 is 11.6 Å². The molecule has 0 saturated heterocycles. The number of ether oxygens (including phenoxy) is 1. The van der Waals surface area contributed by atoms with E-state index in [0.29, 0.717) is 30.1 Å². The van der Waals surface area contributed by atoms with Gasteiger partial charge in [0.1, 0.15) is 23.7 Å². The minimum absolute atomic E-state index is 0.0769. The van der Waals surface area contributed by atoms with E-state index in [1.807, 2.05) is 6.92 Å². The smallest absolute Gasteiger partial charge is 0.339 e. The van der Waals surface area contributed by atoms with E-state index in [1.54, 1.807) is 30.3 Å². The monoisotopic (exact) mass is 526 g/mol. The van der Waals surface area contributed by atoms with Gasteiger partial charge in [-0.05, 0) is 36.8 Å². The van der Waals surface area contributed by atoms with E-state index in [-0.39, 0.29) is 28.3 Å². The van der Waals surface area contributed by atoms with Crippen molar-refractivity contribution < 1.29 is 18.7 Å². The van der Waals surface area contributed by atoms with Gasteiger partial charge >= 0.3 is 11.7 Å². The number of esters is 1. The lowest BCUT2D eigenvalue weighted by Crippen LogP contribution is -2.37. The van der Waals surface area contributed by atoms with E-state index in [1.165, 1.54) is 35.8 Å². The highest BCUT2D eigenvalue weighted by atomic mass is 35.5. The number of carbonyl (C=O) groups is 2. The van der Waals surface area contributed by atoms with Gasteiger partial charge in [-0.3, -0.25) is 18.7 Å². The summed E-state index contributed by atoms with van der Waals surface area (Å²) in [6.07, 6.45) is 3.32. The van der Waals surface area contributed by atoms with Gasteiger partial charge in [0.15, 0.2) is 5.52 Å². The highest BCUT2D eigenvalue weighted by Gasteiger charge is 2.16. The van der Waals surface area contributed by atoms with Crippen molar-refractivity contribution in [3.8, 4) is 11.3 Å². The van der Waals surface area contributed by atoms with Gasteiger partial charge in [0.05, 0.1) is 29.7 Å². The molecule has 4 rings (SSSR count). The maximum absolute atomic E-state index is 12.4. The molecule has 12 nitrogen and oxygen atoms in total. The van der Waals surface area contributed by atoms with Crippen LogP contribution in [0.15, 0.2) is 55.8 Å². The van der Waals surface area contributed by atoms with Crippen LogP contribution in [0, 0.1) is 0 Å². The molecule has 0 atom stereocenters. The number of nitrogens with one attached hydrogen (secondary N) is 1. The van der Waals surface area contributed by atoms with Crippen molar-refractivity contribution in [3.63, 3.8) is 0 Å². The first-order chi connectivity index (χ1) is 17.7. The van der Waals surface area contributed by atoms with Gasteiger partial charge in [0.2, 0.25) is 0 Å². The maximum Gasteiger partial charge on any atom is 0.339 e. The van der Waals surface area contributed by atoms with Crippen LogP contribution in [0.1, 0.15) is 29.5 Å². The molecule has 192 valence electrons. The van der Waals surface area contributed by atoms with Crippen molar-refractivity contribution in [2.45, 2.75) is 19.9 Å². The second-order valence-corrected chi connectivity index (χ2v) is 8.48. The minimum Gasteiger partial charge on any atom is -0.462 e. The number of amides is 1. The standard InChI is InChI=1S/C24H23ClN6O6/c1-4-9-36-23(34)16-10-14(5-7-17(16)25)18-8-6-15(37-18)11-27-28-19(32)12-31-13-26-20-21(31)29(2)24(35)30(3)22(20)33/h5-8,10-11,13H,4,9,12H2,1-3H3,(H,28,32)/b27-11+. The average molecular weight is 527 g/mol. The number of fused-ring (bicyclic) bond motifs is 1. The topological polar surface area (TPSA) is 143 Å². The first-order valence-electron chi connectivity index (χ1n) is 11.2. The Morgan fingerprint density at radius 1 is 1.19 bits per heavy atom. The predicted molar refractivity (Wildman–Crippen MR) is 136 cm³/mol. The zero-order valence-electron chi connectivity index (χ0n) is 20.2. The van der Waals surface area contributed by atoms with Crippen LogP contribution in [-0.2, 0) is 30.2 Å². The van der Waals surface area contributed by atoms with E-state index in [0.717, 1.165) is 4.57 Å². The van der Waals surface area contributed by atoms with E-state index >= 15 is 0 Å². The third-order valence-electron chi connectivity index (χ3n) is 5.44. The number of rotatable bonds is 8. The van der Waals surface area contributed by atoms with Gasteiger partial charge in [-0.25, -0.2) is 20.0 Å². The van der Waals surface area contributed by atoms with Gasteiger partial charge in [-0.1, -0.05) is 18.5 Å². The molecule has 0 fully saturated rings. The van der Waals surface area contributed by atoms with E-state index in [4.69, 9.17) is 20.8 Å². The minimum atomic E-state index is -0.547. The van der Waals surface area contributed by atoms with Gasteiger partial charge in [-0.2, -0.15) is 5.10 Å². The summed E-state index contributed by atoms with van der Waals surface area (Å²) in [7, 11) is 2.85. The Labute approximate surface area is 214 Å². The molecule has 4 aromatic rings. The number of aromatic nitrogens is 4. The number of hydrazone groups is 1. The SMILES string of the molecule is CCCOC(=O)c1cc(-c2ccc(/C=N/NC(=O)Cn3cnc4c(=O)n(C)c(=O)n(C)c43)o2)ccc1Cl. The molecule has 0 aliphatic heterocycles. The summed E-state index contributed by atoms with van der Waals surface area (Å²) in [5, 5.41) is 4.16. The molecule has 0 aliphatic carbocycles. The Balaban J connectivity index is 1.44. The third kappa shape index (κ3) is 5.23. The fourth-order valence-electron chi connectivity index (χ4n) is 3.60. The number of imidazole rings is 1. The molecule has 3 heterocycles. The van der Waals surface area contributed by atoms with Crippen molar-refractivity contribution in [2.75, 3.05) is 6.61 Å². The molecule has 1 amide bonds. The van der Waals surface area contributed by atoms with Crippen LogP contribution in [-0.4, -0.2) is 43.4 Å². The van der Waals surface area contributed by atoms with Crippen LogP contribution in [0.2, 0.25) is 5.02 Å². The first kappa shape index (κ1) is 25.6. The van der Waals surface area contributed by atoms with E-state index in [2.05, 4.69) is 15.5 Å². The molecule has 1 N–H and O–H groups in total. The number of hydrogen-bond acceptors (Lipinski definition) is 8. The van der Waals surface area contributed by atoms with E-state index in [9.17, 15) is 19.2 Å². The number of carbonyl (C=O) groups excluding carboxylic acids is 2. The second kappa shape index (κ2) is 10.7. The molecular weight excluding hydrogens is 504 g/mol. The van der Waals surface area contributed by atoms with Gasteiger partial charge in [0.25, 0.3) is 11.5 Å². The summed E-state index contributed by atoms with van der Waals surface area (Å²) in [6, 6.07) is 8.20. The Morgan fingerprint density at radius 2 is 1.97 bits per heavy atom. The summed E-state index contributed by atoms with van der Waals surface area (Å²) in [5.74, 6) is -0.222. The molecule has 3 aromatic heterocycles. The zero-order chi connectivity index (χ0) is 26.7. The molecule has 0 saturated carbocycles. The Bertz CT molecular complexity index is 1640. The lowest BCUT2D eigenvalue weighted by Gasteiger charge is -2.07. The predicted octanol–water partition coefficient (Wildman–Crippen LogP) is 2.06. The van der Waals surface area contributed by atoms with Crippen LogP contribution in [0.25, 0.3) is 22.5 Å². The molecule has 0 aliphatic rings. The second-order valence-electron chi connectivity index (χ2n) is 8.08.